The molecule has 0 radical (unpaired) electrons. The van der Waals surface area contributed by atoms with Gasteiger partial charge < -0.3 is 29.3 Å². The zero-order valence-electron chi connectivity index (χ0n) is 9.19. The fraction of sp³-hybridized carbons (Fsp3) is 0.500. The Morgan fingerprint density at radius 1 is 0.750 bits per heavy atom. The van der Waals surface area contributed by atoms with Gasteiger partial charge in [0.1, 0.15) is 25.2 Å². The minimum atomic E-state index is -4.97. The number of carbonyl (C=O) groups excluding carboxylic acids is 4. The number of carboxylic acids is 2. The Morgan fingerprint density at radius 3 is 1.20 bits per heavy atom. The van der Waals surface area contributed by atoms with Crippen LogP contribution in [0.15, 0.2) is 0 Å². The number of ether oxygens (including phenoxy) is 2. The molecule has 0 atom stereocenters. The van der Waals surface area contributed by atoms with Gasteiger partial charge in [-0.15, -0.1) is 0 Å². The summed E-state index contributed by atoms with van der Waals surface area (Å²) in [7, 11) is 0. The van der Waals surface area contributed by atoms with Crippen molar-refractivity contribution in [2.45, 2.75) is 11.8 Å². The van der Waals surface area contributed by atoms with Gasteiger partial charge in [-0.3, -0.25) is 0 Å². The lowest BCUT2D eigenvalue weighted by molar-refractivity contribution is -0.329. The van der Waals surface area contributed by atoms with E-state index < -0.39 is 48.9 Å². The molecule has 0 aromatic heterocycles. The Kier molecular flexibility index (Phi) is 5.42. The molecule has 0 amide bonds. The molecule has 0 aromatic rings. The summed E-state index contributed by atoms with van der Waals surface area (Å²) < 4.78 is 56.7. The van der Waals surface area contributed by atoms with Crippen molar-refractivity contribution in [3.05, 3.63) is 0 Å². The van der Waals surface area contributed by atoms with E-state index in [9.17, 15) is 47.0 Å². The predicted molar refractivity (Wildman–Crippen MR) is 41.8 cm³/mol. The Bertz CT molecular complexity index is 392. The summed E-state index contributed by atoms with van der Waals surface area (Å²) >= 11 is 0. The Labute approximate surface area is 106 Å². The van der Waals surface area contributed by atoms with Crippen LogP contribution >= 0.6 is 0 Å². The van der Waals surface area contributed by atoms with E-state index in [1.54, 1.807) is 0 Å². The lowest BCUT2D eigenvalue weighted by Crippen LogP contribution is -2.49. The number of alkyl halides is 4. The standard InChI is InChI=1S/C8H6F4O8/c9-7(10,3(13)14)5(17)19-1-2-20-6(18)8(11,12)4(15)16/h1-2H2,(H,13,14)(H,15,16)/p-2. The average molecular weight is 304 g/mol. The first-order chi connectivity index (χ1) is 8.94. The second-order valence-corrected chi connectivity index (χ2v) is 3.00. The van der Waals surface area contributed by atoms with Crippen LogP contribution in [-0.2, 0) is 28.7 Å². The molecule has 0 rings (SSSR count). The molecule has 0 saturated heterocycles. The molecule has 0 aliphatic rings. The molecule has 0 aliphatic heterocycles. The first kappa shape index (κ1) is 17.6. The van der Waals surface area contributed by atoms with Gasteiger partial charge in [-0.25, -0.2) is 9.59 Å². The molecule has 0 fully saturated rings. The molecule has 114 valence electrons. The van der Waals surface area contributed by atoms with E-state index in [1.165, 1.54) is 0 Å². The minimum Gasteiger partial charge on any atom is -0.543 e. The summed E-state index contributed by atoms with van der Waals surface area (Å²) in [5, 5.41) is 19.6. The van der Waals surface area contributed by atoms with E-state index in [4.69, 9.17) is 0 Å². The van der Waals surface area contributed by atoms with Crippen LogP contribution in [0.5, 0.6) is 0 Å². The number of esters is 2. The fourth-order valence-electron chi connectivity index (χ4n) is 0.617. The lowest BCUT2D eigenvalue weighted by Gasteiger charge is -2.17. The fourth-order valence-corrected chi connectivity index (χ4v) is 0.617. The summed E-state index contributed by atoms with van der Waals surface area (Å²) in [6.45, 7) is -2.42. The Morgan fingerprint density at radius 2 is 1.00 bits per heavy atom. The maximum atomic E-state index is 12.4. The molecule has 0 heterocycles. The number of carboxylic acid groups (broad SMARTS) is 2. The SMILES string of the molecule is O=C([O-])C(F)(F)C(=O)OCCOC(=O)C(F)(F)C(=O)[O-]. The number of aliphatic carboxylic acids is 2. The van der Waals surface area contributed by atoms with Crippen molar-refractivity contribution in [2.24, 2.45) is 0 Å². The first-order valence-corrected chi connectivity index (χ1v) is 4.47. The highest BCUT2D eigenvalue weighted by Gasteiger charge is 2.44. The van der Waals surface area contributed by atoms with Gasteiger partial charge in [0.05, 0.1) is 0 Å². The van der Waals surface area contributed by atoms with E-state index >= 15 is 0 Å². The van der Waals surface area contributed by atoms with Gasteiger partial charge in [0.2, 0.25) is 0 Å². The van der Waals surface area contributed by atoms with Crippen LogP contribution in [0.3, 0.4) is 0 Å². The van der Waals surface area contributed by atoms with Crippen molar-refractivity contribution in [3.8, 4) is 0 Å². The van der Waals surface area contributed by atoms with E-state index in [2.05, 4.69) is 9.47 Å². The van der Waals surface area contributed by atoms with Crippen molar-refractivity contribution < 1.29 is 56.4 Å². The van der Waals surface area contributed by atoms with E-state index in [-0.39, 0.29) is 0 Å². The van der Waals surface area contributed by atoms with Gasteiger partial charge in [-0.2, -0.15) is 17.6 Å². The summed E-state index contributed by atoms with van der Waals surface area (Å²) in [5.41, 5.74) is 0. The topological polar surface area (TPSA) is 133 Å². The Hall–Kier alpha value is -2.40. The van der Waals surface area contributed by atoms with Crippen molar-refractivity contribution >= 4 is 23.9 Å². The van der Waals surface area contributed by atoms with Crippen molar-refractivity contribution in [2.75, 3.05) is 13.2 Å². The quantitative estimate of drug-likeness (QED) is 0.208. The third-order valence-corrected chi connectivity index (χ3v) is 1.58. The van der Waals surface area contributed by atoms with Gasteiger partial charge in [0.25, 0.3) is 0 Å². The van der Waals surface area contributed by atoms with E-state index in [1.807, 2.05) is 0 Å². The summed E-state index contributed by atoms with van der Waals surface area (Å²) in [5.74, 6) is -21.2. The number of halogens is 4. The molecule has 0 spiro atoms. The Balaban J connectivity index is 4.24. The molecule has 0 bridgehead atoms. The molecule has 8 nitrogen and oxygen atoms in total. The summed E-state index contributed by atoms with van der Waals surface area (Å²) in [4.78, 5) is 40.5. The number of rotatable bonds is 7. The van der Waals surface area contributed by atoms with Gasteiger partial charge in [0, 0.05) is 0 Å². The van der Waals surface area contributed by atoms with Gasteiger partial charge >= 0.3 is 23.8 Å². The molecule has 20 heavy (non-hydrogen) atoms. The van der Waals surface area contributed by atoms with Crippen molar-refractivity contribution in [1.82, 2.24) is 0 Å². The highest BCUT2D eigenvalue weighted by atomic mass is 19.3. The number of carbonyl (C=O) groups is 4. The monoisotopic (exact) mass is 304 g/mol. The zero-order chi connectivity index (χ0) is 16.1. The van der Waals surface area contributed by atoms with Crippen LogP contribution in [0.25, 0.3) is 0 Å². The smallest absolute Gasteiger partial charge is 0.383 e. The number of hydrogen-bond donors (Lipinski definition) is 0. The maximum absolute atomic E-state index is 12.4. The third-order valence-electron chi connectivity index (χ3n) is 1.58. The highest BCUT2D eigenvalue weighted by molar-refractivity contribution is 6.00. The zero-order valence-corrected chi connectivity index (χ0v) is 9.19. The van der Waals surface area contributed by atoms with Crippen molar-refractivity contribution in [3.63, 3.8) is 0 Å². The second-order valence-electron chi connectivity index (χ2n) is 3.00. The number of hydrogen-bond acceptors (Lipinski definition) is 8. The molecule has 0 aromatic carbocycles. The molecule has 0 saturated carbocycles. The van der Waals surface area contributed by atoms with Gasteiger partial charge in [-0.1, -0.05) is 0 Å². The maximum Gasteiger partial charge on any atom is 0.383 e. The molecular weight excluding hydrogens is 300 g/mol. The second kappa shape index (κ2) is 6.16. The summed E-state index contributed by atoms with van der Waals surface area (Å²) in [6.07, 6.45) is 0. The normalized spacial score (nSPS) is 11.6. The summed E-state index contributed by atoms with van der Waals surface area (Å²) in [6, 6.07) is 0. The van der Waals surface area contributed by atoms with Crippen LogP contribution in [0, 0.1) is 0 Å². The van der Waals surface area contributed by atoms with E-state index in [0.717, 1.165) is 0 Å². The van der Waals surface area contributed by atoms with E-state index in [0.29, 0.717) is 0 Å². The first-order valence-electron chi connectivity index (χ1n) is 4.47. The molecule has 0 unspecified atom stereocenters. The van der Waals surface area contributed by atoms with Crippen LogP contribution in [-0.4, -0.2) is 48.9 Å². The predicted octanol–water partition coefficient (Wildman–Crippen LogP) is -3.16. The largest absolute Gasteiger partial charge is 0.543 e. The lowest BCUT2D eigenvalue weighted by atomic mass is 10.3. The molecule has 0 N–H and O–H groups in total. The van der Waals surface area contributed by atoms with Crippen LogP contribution in [0.1, 0.15) is 0 Å². The van der Waals surface area contributed by atoms with Gasteiger partial charge in [-0.05, 0) is 0 Å². The van der Waals surface area contributed by atoms with Crippen LogP contribution in [0.4, 0.5) is 17.6 Å². The molecular formula is C8H4F4O8-2. The van der Waals surface area contributed by atoms with Crippen molar-refractivity contribution in [1.29, 1.82) is 0 Å². The third kappa shape index (κ3) is 4.07. The molecule has 0 aliphatic carbocycles. The van der Waals surface area contributed by atoms with Crippen LogP contribution in [0.2, 0.25) is 0 Å². The van der Waals surface area contributed by atoms with Gasteiger partial charge in [0.15, 0.2) is 0 Å². The minimum absolute atomic E-state index is 1.21. The van der Waals surface area contributed by atoms with Crippen LogP contribution < -0.4 is 10.2 Å². The highest BCUT2D eigenvalue weighted by Crippen LogP contribution is 2.15. The average Bonchev–Trinajstić information content (AvgIpc) is 2.33. The molecule has 12 heteroatoms.